The molecule has 0 aromatic carbocycles. The van der Waals surface area contributed by atoms with Crippen molar-refractivity contribution >= 4 is 27.0 Å². The lowest BCUT2D eigenvalue weighted by Gasteiger charge is -1.96. The first-order valence-electron chi connectivity index (χ1n) is 2.34. The molecule has 2 atom stereocenters. The van der Waals surface area contributed by atoms with Crippen LogP contribution in [-0.2, 0) is 11.1 Å². The molecule has 1 N–H and O–H groups in total. The maximum absolute atomic E-state index is 9.99. The summed E-state index contributed by atoms with van der Waals surface area (Å²) in [7, 11) is 0. The molecule has 0 spiro atoms. The molecule has 2 nitrogen and oxygen atoms in total. The number of hydrogen-bond donors (Lipinski definition) is 1. The maximum atomic E-state index is 9.99. The Kier molecular flexibility index (Phi) is 4.80. The summed E-state index contributed by atoms with van der Waals surface area (Å²) >= 11 is 1.64. The SMILES string of the molecule is CC(Br)CCS(=O)O. The van der Waals surface area contributed by atoms with Gasteiger partial charge in [0, 0.05) is 4.83 Å². The molecule has 0 aliphatic rings. The third kappa shape index (κ3) is 6.59. The Bertz CT molecular complexity index is 84.1. The molecule has 0 aromatic heterocycles. The molecule has 0 rings (SSSR count). The fraction of sp³-hybridized carbons (Fsp3) is 1.00. The van der Waals surface area contributed by atoms with Gasteiger partial charge in [0.15, 0.2) is 11.1 Å². The molecule has 2 unspecified atom stereocenters. The van der Waals surface area contributed by atoms with Crippen LogP contribution in [0.1, 0.15) is 13.3 Å². The Balaban J connectivity index is 3.05. The van der Waals surface area contributed by atoms with E-state index < -0.39 is 11.1 Å². The van der Waals surface area contributed by atoms with E-state index in [2.05, 4.69) is 15.9 Å². The zero-order valence-electron chi connectivity index (χ0n) is 4.63. The quantitative estimate of drug-likeness (QED) is 0.553. The maximum Gasteiger partial charge on any atom is 0.152 e. The Morgan fingerprint density at radius 3 is 2.50 bits per heavy atom. The smallest absolute Gasteiger partial charge is 0.152 e. The first-order chi connectivity index (χ1) is 3.63. The number of alkyl halides is 1. The number of hydrogen-bond acceptors (Lipinski definition) is 1. The molecular weight excluding hydrogens is 192 g/mol. The summed E-state index contributed by atoms with van der Waals surface area (Å²) in [4.78, 5) is 0.346. The van der Waals surface area contributed by atoms with Gasteiger partial charge in [-0.1, -0.05) is 22.9 Å². The van der Waals surface area contributed by atoms with Gasteiger partial charge >= 0.3 is 0 Å². The van der Waals surface area contributed by atoms with Crippen LogP contribution in [0.2, 0.25) is 0 Å². The van der Waals surface area contributed by atoms with E-state index >= 15 is 0 Å². The van der Waals surface area contributed by atoms with Gasteiger partial charge < -0.3 is 4.55 Å². The Morgan fingerprint density at radius 1 is 1.88 bits per heavy atom. The van der Waals surface area contributed by atoms with Crippen LogP contribution in [0.15, 0.2) is 0 Å². The minimum Gasteiger partial charge on any atom is -0.306 e. The zero-order valence-corrected chi connectivity index (χ0v) is 7.04. The van der Waals surface area contributed by atoms with Gasteiger partial charge in [-0.25, -0.2) is 4.21 Å². The lowest BCUT2D eigenvalue weighted by Crippen LogP contribution is -2.00. The first-order valence-corrected chi connectivity index (χ1v) is 4.53. The van der Waals surface area contributed by atoms with Crippen molar-refractivity contribution in [1.29, 1.82) is 0 Å². The van der Waals surface area contributed by atoms with Crippen molar-refractivity contribution in [2.45, 2.75) is 18.2 Å². The standard InChI is InChI=1S/C4H9BrO2S/c1-4(5)2-3-8(6)7/h4H,2-3H2,1H3,(H,6,7). The zero-order chi connectivity index (χ0) is 6.57. The van der Waals surface area contributed by atoms with E-state index in [4.69, 9.17) is 4.55 Å². The Labute approximate surface area is 60.1 Å². The highest BCUT2D eigenvalue weighted by Gasteiger charge is 1.97. The summed E-state index contributed by atoms with van der Waals surface area (Å²) in [6, 6.07) is 0. The minimum absolute atomic E-state index is 0.346. The van der Waals surface area contributed by atoms with Crippen LogP contribution in [0.4, 0.5) is 0 Å². The van der Waals surface area contributed by atoms with Gasteiger partial charge in [-0.15, -0.1) is 0 Å². The van der Waals surface area contributed by atoms with E-state index in [1.54, 1.807) is 0 Å². The average molecular weight is 201 g/mol. The predicted molar refractivity (Wildman–Crippen MR) is 38.6 cm³/mol. The largest absolute Gasteiger partial charge is 0.306 e. The van der Waals surface area contributed by atoms with Crippen LogP contribution < -0.4 is 0 Å². The second kappa shape index (κ2) is 4.47. The summed E-state index contributed by atoms with van der Waals surface area (Å²) in [5, 5.41) is 0. The van der Waals surface area contributed by atoms with E-state index in [1.807, 2.05) is 6.92 Å². The van der Waals surface area contributed by atoms with Crippen molar-refractivity contribution in [1.82, 2.24) is 0 Å². The normalized spacial score (nSPS) is 17.9. The minimum atomic E-state index is -1.62. The summed E-state index contributed by atoms with van der Waals surface area (Å²) < 4.78 is 18.2. The molecule has 50 valence electrons. The van der Waals surface area contributed by atoms with Crippen LogP contribution >= 0.6 is 15.9 Å². The Hall–Kier alpha value is 0.590. The molecule has 0 amide bonds. The number of rotatable bonds is 3. The molecule has 0 saturated heterocycles. The van der Waals surface area contributed by atoms with Gasteiger partial charge in [0.2, 0.25) is 0 Å². The fourth-order valence-corrected chi connectivity index (χ4v) is 1.35. The topological polar surface area (TPSA) is 37.3 Å². The van der Waals surface area contributed by atoms with Crippen molar-refractivity contribution in [3.8, 4) is 0 Å². The monoisotopic (exact) mass is 200 g/mol. The average Bonchev–Trinajstić information content (AvgIpc) is 1.61. The Morgan fingerprint density at radius 2 is 2.38 bits per heavy atom. The molecule has 0 aromatic rings. The molecule has 0 fully saturated rings. The highest BCUT2D eigenvalue weighted by molar-refractivity contribution is 9.09. The van der Waals surface area contributed by atoms with Gasteiger partial charge in [-0.3, -0.25) is 0 Å². The van der Waals surface area contributed by atoms with Gasteiger partial charge in [0.25, 0.3) is 0 Å². The van der Waals surface area contributed by atoms with Gasteiger partial charge in [0.1, 0.15) is 0 Å². The molecule has 0 radical (unpaired) electrons. The third-order valence-electron chi connectivity index (χ3n) is 0.690. The summed E-state index contributed by atoms with van der Waals surface area (Å²) in [6.45, 7) is 1.95. The van der Waals surface area contributed by atoms with E-state index in [9.17, 15) is 4.21 Å². The van der Waals surface area contributed by atoms with Gasteiger partial charge in [-0.05, 0) is 6.42 Å². The molecule has 0 bridgehead atoms. The molecule has 4 heteroatoms. The van der Waals surface area contributed by atoms with E-state index in [1.165, 1.54) is 0 Å². The van der Waals surface area contributed by atoms with Crippen molar-refractivity contribution in [3.63, 3.8) is 0 Å². The van der Waals surface area contributed by atoms with Crippen LogP contribution in [0.25, 0.3) is 0 Å². The molecule has 0 heterocycles. The molecule has 0 aliphatic carbocycles. The molecule has 0 saturated carbocycles. The summed E-state index contributed by atoms with van der Waals surface area (Å²) in [5.74, 6) is 0.367. The van der Waals surface area contributed by atoms with E-state index in [0.29, 0.717) is 10.6 Å². The summed E-state index contributed by atoms with van der Waals surface area (Å²) in [5.41, 5.74) is 0. The highest BCUT2D eigenvalue weighted by Crippen LogP contribution is 2.02. The van der Waals surface area contributed by atoms with Crippen molar-refractivity contribution in [2.75, 3.05) is 5.75 Å². The lowest BCUT2D eigenvalue weighted by molar-refractivity contribution is 0.561. The van der Waals surface area contributed by atoms with Gasteiger partial charge in [0.05, 0.1) is 5.75 Å². The van der Waals surface area contributed by atoms with E-state index in [-0.39, 0.29) is 0 Å². The highest BCUT2D eigenvalue weighted by atomic mass is 79.9. The second-order valence-corrected chi connectivity index (χ2v) is 4.21. The lowest BCUT2D eigenvalue weighted by atomic mass is 10.4. The van der Waals surface area contributed by atoms with E-state index in [0.717, 1.165) is 6.42 Å². The predicted octanol–water partition coefficient (Wildman–Crippen LogP) is 1.38. The van der Waals surface area contributed by atoms with Crippen molar-refractivity contribution in [3.05, 3.63) is 0 Å². The van der Waals surface area contributed by atoms with Crippen LogP contribution in [-0.4, -0.2) is 19.3 Å². The molecule has 0 aliphatic heterocycles. The van der Waals surface area contributed by atoms with Crippen LogP contribution in [0.3, 0.4) is 0 Å². The van der Waals surface area contributed by atoms with Crippen molar-refractivity contribution in [2.24, 2.45) is 0 Å². The number of halogens is 1. The molecular formula is C4H9BrO2S. The van der Waals surface area contributed by atoms with Crippen LogP contribution in [0.5, 0.6) is 0 Å². The first kappa shape index (κ1) is 8.59. The third-order valence-corrected chi connectivity index (χ3v) is 1.73. The molecule has 8 heavy (non-hydrogen) atoms. The van der Waals surface area contributed by atoms with Crippen LogP contribution in [0, 0.1) is 0 Å². The summed E-state index contributed by atoms with van der Waals surface area (Å²) in [6.07, 6.45) is 0.753. The second-order valence-electron chi connectivity index (χ2n) is 1.60. The van der Waals surface area contributed by atoms with Gasteiger partial charge in [-0.2, -0.15) is 0 Å². The fourth-order valence-electron chi connectivity index (χ4n) is 0.263. The van der Waals surface area contributed by atoms with Crippen molar-refractivity contribution < 1.29 is 8.76 Å².